The van der Waals surface area contributed by atoms with Crippen LogP contribution >= 0.6 is 0 Å². The maximum absolute atomic E-state index is 13.2. The maximum atomic E-state index is 13.2. The molecule has 1 heterocycles. The normalized spacial score (nSPS) is 17.6. The Balaban J connectivity index is 1.67. The van der Waals surface area contributed by atoms with Gasteiger partial charge < -0.3 is 15.4 Å². The minimum absolute atomic E-state index is 0.0938. The summed E-state index contributed by atoms with van der Waals surface area (Å²) in [6, 6.07) is 17.0. The van der Waals surface area contributed by atoms with Gasteiger partial charge in [-0.1, -0.05) is 48.5 Å². The van der Waals surface area contributed by atoms with Gasteiger partial charge in [0.1, 0.15) is 6.04 Å². The van der Waals surface area contributed by atoms with Crippen LogP contribution in [-0.2, 0) is 30.8 Å². The number of ether oxygens (including phenoxy) is 1. The summed E-state index contributed by atoms with van der Waals surface area (Å²) in [6.07, 6.45) is 2.17. The topological polar surface area (TPSA) is 105 Å². The summed E-state index contributed by atoms with van der Waals surface area (Å²) in [5, 5.41) is 5.74. The Bertz CT molecular complexity index is 1030. The number of nitrogens with zero attached hydrogens (tertiary/aromatic N) is 1. The fourth-order valence-electron chi connectivity index (χ4n) is 4.02. The molecule has 184 valence electrons. The minimum atomic E-state index is -3.68. The van der Waals surface area contributed by atoms with Crippen molar-refractivity contribution in [2.24, 2.45) is 5.92 Å². The first-order chi connectivity index (χ1) is 16.4. The van der Waals surface area contributed by atoms with Crippen LogP contribution in [-0.4, -0.2) is 63.9 Å². The third-order valence-corrected chi connectivity index (χ3v) is 7.76. The molecule has 0 radical (unpaired) electrons. The molecular formula is C25H33N3O5S. The summed E-state index contributed by atoms with van der Waals surface area (Å²) in [6.45, 7) is 1.44. The van der Waals surface area contributed by atoms with E-state index in [1.807, 2.05) is 30.3 Å². The predicted molar refractivity (Wildman–Crippen MR) is 130 cm³/mol. The van der Waals surface area contributed by atoms with Crippen molar-refractivity contribution < 1.29 is 22.7 Å². The zero-order valence-corrected chi connectivity index (χ0v) is 20.3. The van der Waals surface area contributed by atoms with Crippen LogP contribution in [0.3, 0.4) is 0 Å². The third kappa shape index (κ3) is 7.12. The number of benzene rings is 2. The highest BCUT2D eigenvalue weighted by molar-refractivity contribution is 7.89. The average Bonchev–Trinajstić information content (AvgIpc) is 2.87. The van der Waals surface area contributed by atoms with E-state index >= 15 is 0 Å². The largest absolute Gasteiger partial charge is 0.385 e. The predicted octanol–water partition coefficient (Wildman–Crippen LogP) is 1.97. The zero-order chi connectivity index (χ0) is 24.4. The van der Waals surface area contributed by atoms with Crippen LogP contribution < -0.4 is 10.6 Å². The molecule has 0 aromatic heterocycles. The van der Waals surface area contributed by atoms with Gasteiger partial charge in [-0.15, -0.1) is 0 Å². The van der Waals surface area contributed by atoms with Crippen LogP contribution in [0.2, 0.25) is 0 Å². The van der Waals surface area contributed by atoms with E-state index in [2.05, 4.69) is 10.6 Å². The van der Waals surface area contributed by atoms with E-state index in [9.17, 15) is 18.0 Å². The molecule has 1 fully saturated rings. The molecule has 8 nitrogen and oxygen atoms in total. The summed E-state index contributed by atoms with van der Waals surface area (Å²) in [5.74, 6) is -1.09. The maximum Gasteiger partial charge on any atom is 0.243 e. The second kappa shape index (κ2) is 12.6. The number of carbonyl (C=O) groups is 2. The number of amides is 2. The van der Waals surface area contributed by atoms with Gasteiger partial charge in [-0.3, -0.25) is 9.59 Å². The molecule has 0 spiro atoms. The van der Waals surface area contributed by atoms with Crippen LogP contribution in [0.25, 0.3) is 0 Å². The Kier molecular flexibility index (Phi) is 9.62. The van der Waals surface area contributed by atoms with Crippen LogP contribution in [0.1, 0.15) is 24.8 Å². The first-order valence-electron chi connectivity index (χ1n) is 11.6. The highest BCUT2D eigenvalue weighted by Crippen LogP contribution is 2.24. The molecular weight excluding hydrogens is 454 g/mol. The van der Waals surface area contributed by atoms with E-state index in [1.165, 1.54) is 4.31 Å². The summed E-state index contributed by atoms with van der Waals surface area (Å²) in [5.41, 5.74) is 0.928. The zero-order valence-electron chi connectivity index (χ0n) is 19.5. The first kappa shape index (κ1) is 25.9. The number of sulfonamides is 1. The molecule has 1 saturated heterocycles. The second-order valence-corrected chi connectivity index (χ2v) is 10.3. The molecule has 2 amide bonds. The summed E-state index contributed by atoms with van der Waals surface area (Å²) < 4.78 is 32.4. The van der Waals surface area contributed by atoms with E-state index in [-0.39, 0.29) is 23.3 Å². The van der Waals surface area contributed by atoms with Crippen molar-refractivity contribution in [2.75, 3.05) is 33.4 Å². The molecule has 0 unspecified atom stereocenters. The van der Waals surface area contributed by atoms with Gasteiger partial charge in [-0.25, -0.2) is 8.42 Å². The number of methoxy groups -OCH3 is 1. The van der Waals surface area contributed by atoms with Crippen LogP contribution in [0.5, 0.6) is 0 Å². The quantitative estimate of drug-likeness (QED) is 0.472. The molecule has 0 saturated carbocycles. The van der Waals surface area contributed by atoms with Gasteiger partial charge in [0.05, 0.1) is 10.8 Å². The number of piperidine rings is 1. The Morgan fingerprint density at radius 1 is 1.09 bits per heavy atom. The second-order valence-electron chi connectivity index (χ2n) is 8.40. The van der Waals surface area contributed by atoms with Crippen LogP contribution in [0, 0.1) is 5.92 Å². The lowest BCUT2D eigenvalue weighted by atomic mass is 9.97. The number of hydrogen-bond acceptors (Lipinski definition) is 5. The van der Waals surface area contributed by atoms with E-state index < -0.39 is 22.0 Å². The lowest BCUT2D eigenvalue weighted by Gasteiger charge is -2.32. The summed E-state index contributed by atoms with van der Waals surface area (Å²) in [7, 11) is -2.07. The summed E-state index contributed by atoms with van der Waals surface area (Å²) in [4.78, 5) is 26.2. The lowest BCUT2D eigenvalue weighted by molar-refractivity contribution is -0.131. The number of hydrogen-bond donors (Lipinski definition) is 2. The van der Waals surface area contributed by atoms with Crippen molar-refractivity contribution in [3.63, 3.8) is 0 Å². The minimum Gasteiger partial charge on any atom is -0.385 e. The van der Waals surface area contributed by atoms with Gasteiger partial charge in [0.25, 0.3) is 0 Å². The fraction of sp³-hybridized carbons (Fsp3) is 0.440. The van der Waals surface area contributed by atoms with E-state index in [0.717, 1.165) is 5.56 Å². The number of rotatable bonds is 11. The fourth-order valence-corrected chi connectivity index (χ4v) is 5.56. The molecule has 2 aromatic carbocycles. The Morgan fingerprint density at radius 2 is 1.76 bits per heavy atom. The third-order valence-electron chi connectivity index (χ3n) is 5.88. The van der Waals surface area contributed by atoms with Gasteiger partial charge in [0, 0.05) is 39.8 Å². The number of carbonyl (C=O) groups excluding carboxylic acids is 2. The highest BCUT2D eigenvalue weighted by Gasteiger charge is 2.34. The van der Waals surface area contributed by atoms with E-state index in [0.29, 0.717) is 45.4 Å². The van der Waals surface area contributed by atoms with Crippen molar-refractivity contribution in [1.29, 1.82) is 0 Å². The monoisotopic (exact) mass is 487 g/mol. The number of nitrogens with one attached hydrogen (secondary N) is 2. The van der Waals surface area contributed by atoms with Gasteiger partial charge in [0.15, 0.2) is 0 Å². The molecule has 3 rings (SSSR count). The molecule has 0 bridgehead atoms. The highest BCUT2D eigenvalue weighted by atomic mass is 32.2. The van der Waals surface area contributed by atoms with Crippen molar-refractivity contribution in [2.45, 2.75) is 36.6 Å². The molecule has 2 N–H and O–H groups in total. The van der Waals surface area contributed by atoms with E-state index in [4.69, 9.17) is 4.74 Å². The molecule has 34 heavy (non-hydrogen) atoms. The lowest BCUT2D eigenvalue weighted by Crippen LogP contribution is -2.52. The van der Waals surface area contributed by atoms with Crippen LogP contribution in [0.4, 0.5) is 0 Å². The van der Waals surface area contributed by atoms with E-state index in [1.54, 1.807) is 37.4 Å². The van der Waals surface area contributed by atoms with Gasteiger partial charge in [-0.2, -0.15) is 4.31 Å². The van der Waals surface area contributed by atoms with Crippen molar-refractivity contribution >= 4 is 21.8 Å². The first-order valence-corrected chi connectivity index (χ1v) is 13.0. The molecule has 2 aromatic rings. The molecule has 1 aliphatic heterocycles. The van der Waals surface area contributed by atoms with Gasteiger partial charge in [0.2, 0.25) is 21.8 Å². The van der Waals surface area contributed by atoms with Crippen molar-refractivity contribution in [1.82, 2.24) is 14.9 Å². The van der Waals surface area contributed by atoms with Crippen molar-refractivity contribution in [3.8, 4) is 0 Å². The average molecular weight is 488 g/mol. The Hall–Kier alpha value is -2.75. The van der Waals surface area contributed by atoms with Crippen molar-refractivity contribution in [3.05, 3.63) is 66.2 Å². The molecule has 1 aliphatic rings. The van der Waals surface area contributed by atoms with Gasteiger partial charge >= 0.3 is 0 Å². The Labute approximate surface area is 201 Å². The summed E-state index contributed by atoms with van der Waals surface area (Å²) >= 11 is 0. The van der Waals surface area contributed by atoms with Gasteiger partial charge in [-0.05, 0) is 37.0 Å². The molecule has 2 atom stereocenters. The standard InChI is InChI=1S/C25H33N3O5S/c1-33-17-9-15-26-25(30)23(18-20-10-4-2-5-11-20)27-24(29)21-12-8-16-28(19-21)34(31,32)22-13-6-3-7-14-22/h2-7,10-11,13-14,21,23H,8-9,12,15-19H2,1H3,(H,26,30)(H,27,29)/t21-,23+/m1/s1. The SMILES string of the molecule is COCCCNC(=O)[C@H](Cc1ccccc1)NC(=O)[C@@H]1CCCN(S(=O)(=O)c2ccccc2)C1. The van der Waals surface area contributed by atoms with Crippen LogP contribution in [0.15, 0.2) is 65.6 Å². The molecule has 9 heteroatoms. The Morgan fingerprint density at radius 3 is 2.44 bits per heavy atom. The smallest absolute Gasteiger partial charge is 0.243 e. The molecule has 0 aliphatic carbocycles.